The maximum Gasteiger partial charge on any atom is 0.410 e. The molecule has 1 amide bonds. The van der Waals surface area contributed by atoms with E-state index in [9.17, 15) is 9.59 Å². The maximum absolute atomic E-state index is 12.5. The van der Waals surface area contributed by atoms with Gasteiger partial charge in [-0.25, -0.2) is 4.79 Å². The van der Waals surface area contributed by atoms with E-state index < -0.39 is 12.1 Å². The molecule has 2 aromatic rings. The minimum atomic E-state index is -0.894. The van der Waals surface area contributed by atoms with Gasteiger partial charge in [0.2, 0.25) is 0 Å². The molecule has 1 fully saturated rings. The predicted molar refractivity (Wildman–Crippen MR) is 100 cm³/mol. The van der Waals surface area contributed by atoms with Crippen LogP contribution >= 0.6 is 11.8 Å². The average molecular weight is 369 g/mol. The summed E-state index contributed by atoms with van der Waals surface area (Å²) >= 11 is 1.56. The molecule has 26 heavy (non-hydrogen) atoms. The van der Waals surface area contributed by atoms with Crippen molar-refractivity contribution in [2.45, 2.75) is 18.4 Å². The van der Waals surface area contributed by atoms with Crippen molar-refractivity contribution in [2.24, 2.45) is 0 Å². The third-order valence-corrected chi connectivity index (χ3v) is 6.04. The summed E-state index contributed by atoms with van der Waals surface area (Å²) in [6.45, 7) is 0.258. The van der Waals surface area contributed by atoms with Crippen molar-refractivity contribution in [3.8, 4) is 11.1 Å². The lowest BCUT2D eigenvalue weighted by molar-refractivity contribution is -0.137. The van der Waals surface area contributed by atoms with Crippen molar-refractivity contribution in [3.63, 3.8) is 0 Å². The Morgan fingerprint density at radius 2 is 1.69 bits per heavy atom. The standard InChI is InChI=1S/C20H19NO4S/c22-19(23)9-13-11-26-12-21(13)20(24)25-10-18-16-7-3-1-5-14(16)15-6-2-4-8-17(15)18/h1-8,13,18H,9-12H2,(H,22,23)/t13-/m0/s1. The molecule has 134 valence electrons. The summed E-state index contributed by atoms with van der Waals surface area (Å²) in [6, 6.07) is 16.1. The van der Waals surface area contributed by atoms with E-state index in [4.69, 9.17) is 9.84 Å². The molecule has 0 radical (unpaired) electrons. The lowest BCUT2D eigenvalue weighted by atomic mass is 9.98. The van der Waals surface area contributed by atoms with E-state index >= 15 is 0 Å². The zero-order chi connectivity index (χ0) is 18.1. The lowest BCUT2D eigenvalue weighted by Crippen LogP contribution is -2.38. The highest BCUT2D eigenvalue weighted by molar-refractivity contribution is 7.99. The van der Waals surface area contributed by atoms with Gasteiger partial charge in [0.15, 0.2) is 0 Å². The van der Waals surface area contributed by atoms with Gasteiger partial charge in [-0.2, -0.15) is 0 Å². The number of carbonyl (C=O) groups excluding carboxylic acids is 1. The summed E-state index contributed by atoms with van der Waals surface area (Å²) in [5, 5.41) is 9.01. The second kappa shape index (κ2) is 7.03. The largest absolute Gasteiger partial charge is 0.481 e. The normalized spacial score (nSPS) is 18.5. The first-order valence-corrected chi connectivity index (χ1v) is 9.72. The lowest BCUT2D eigenvalue weighted by Gasteiger charge is -2.23. The van der Waals surface area contributed by atoms with Crippen LogP contribution < -0.4 is 0 Å². The second-order valence-corrected chi connectivity index (χ2v) is 7.53. The van der Waals surface area contributed by atoms with E-state index in [0.29, 0.717) is 11.6 Å². The molecule has 0 spiro atoms. The summed E-state index contributed by atoms with van der Waals surface area (Å²) in [4.78, 5) is 25.0. The fourth-order valence-electron chi connectivity index (χ4n) is 3.73. The number of benzene rings is 2. The monoisotopic (exact) mass is 369 g/mol. The summed E-state index contributed by atoms with van der Waals surface area (Å²) in [6.07, 6.45) is -0.472. The molecule has 5 nitrogen and oxygen atoms in total. The number of rotatable bonds is 4. The molecule has 2 aromatic carbocycles. The van der Waals surface area contributed by atoms with Crippen molar-refractivity contribution < 1.29 is 19.4 Å². The van der Waals surface area contributed by atoms with E-state index in [1.165, 1.54) is 27.2 Å². The first-order valence-electron chi connectivity index (χ1n) is 8.56. The van der Waals surface area contributed by atoms with Crippen molar-refractivity contribution in [3.05, 3.63) is 59.7 Å². The highest BCUT2D eigenvalue weighted by Gasteiger charge is 2.34. The number of aliphatic carboxylic acids is 1. The highest BCUT2D eigenvalue weighted by Crippen LogP contribution is 2.44. The third-order valence-electron chi connectivity index (χ3n) is 4.96. The molecule has 1 atom stereocenters. The Hall–Kier alpha value is -2.47. The number of ether oxygens (including phenoxy) is 1. The Morgan fingerprint density at radius 3 is 2.31 bits per heavy atom. The quantitative estimate of drug-likeness (QED) is 0.888. The molecule has 0 aromatic heterocycles. The Kier molecular flexibility index (Phi) is 4.59. The summed E-state index contributed by atoms with van der Waals surface area (Å²) in [7, 11) is 0. The molecular weight excluding hydrogens is 350 g/mol. The number of hydrogen-bond donors (Lipinski definition) is 1. The first-order chi connectivity index (χ1) is 12.6. The van der Waals surface area contributed by atoms with E-state index in [-0.39, 0.29) is 25.0 Å². The van der Waals surface area contributed by atoms with Crippen molar-refractivity contribution in [1.82, 2.24) is 4.90 Å². The van der Waals surface area contributed by atoms with E-state index in [1.54, 1.807) is 11.8 Å². The number of hydrogen-bond acceptors (Lipinski definition) is 4. The predicted octanol–water partition coefficient (Wildman–Crippen LogP) is 3.79. The Bertz CT molecular complexity index is 808. The fraction of sp³-hybridized carbons (Fsp3) is 0.300. The van der Waals surface area contributed by atoms with Gasteiger partial charge in [-0.1, -0.05) is 48.5 Å². The average Bonchev–Trinajstić information content (AvgIpc) is 3.22. The van der Waals surface area contributed by atoms with Crippen molar-refractivity contribution in [1.29, 1.82) is 0 Å². The molecule has 2 aliphatic rings. The maximum atomic E-state index is 12.5. The van der Waals surface area contributed by atoms with Gasteiger partial charge >= 0.3 is 12.1 Å². The van der Waals surface area contributed by atoms with Crippen LogP contribution in [0.25, 0.3) is 11.1 Å². The molecule has 6 heteroatoms. The number of thioether (sulfide) groups is 1. The van der Waals surface area contributed by atoms with Crippen LogP contribution in [0.5, 0.6) is 0 Å². The van der Waals surface area contributed by atoms with Gasteiger partial charge < -0.3 is 9.84 Å². The molecule has 4 rings (SSSR count). The van der Waals surface area contributed by atoms with E-state index in [1.807, 2.05) is 24.3 Å². The Balaban J connectivity index is 1.50. The number of carboxylic acid groups (broad SMARTS) is 1. The SMILES string of the molecule is O=C(O)C[C@H]1CSCN1C(=O)OCC1c2ccccc2-c2ccccc21. The van der Waals surface area contributed by atoms with E-state index in [0.717, 1.165) is 0 Å². The number of carboxylic acids is 1. The van der Waals surface area contributed by atoms with Gasteiger partial charge in [0.25, 0.3) is 0 Å². The fourth-order valence-corrected chi connectivity index (χ4v) is 4.92. The molecular formula is C20H19NO4S. The van der Waals surface area contributed by atoms with Gasteiger partial charge in [-0.05, 0) is 22.3 Å². The van der Waals surface area contributed by atoms with Crippen molar-refractivity contribution in [2.75, 3.05) is 18.2 Å². The van der Waals surface area contributed by atoms with Crippen molar-refractivity contribution >= 4 is 23.8 Å². The number of fused-ring (bicyclic) bond motifs is 3. The number of amides is 1. The van der Waals surface area contributed by atoms with Crippen LogP contribution in [0.4, 0.5) is 4.79 Å². The van der Waals surface area contributed by atoms with Crippen LogP contribution in [0.3, 0.4) is 0 Å². The smallest absolute Gasteiger partial charge is 0.410 e. The van der Waals surface area contributed by atoms with Crippen LogP contribution in [-0.4, -0.2) is 46.3 Å². The Morgan fingerprint density at radius 1 is 1.08 bits per heavy atom. The van der Waals surface area contributed by atoms with Gasteiger partial charge in [-0.3, -0.25) is 9.69 Å². The van der Waals surface area contributed by atoms with Crippen LogP contribution in [0.1, 0.15) is 23.5 Å². The van der Waals surface area contributed by atoms with Crippen LogP contribution in [-0.2, 0) is 9.53 Å². The van der Waals surface area contributed by atoms with Gasteiger partial charge in [-0.15, -0.1) is 11.8 Å². The minimum Gasteiger partial charge on any atom is -0.481 e. The van der Waals surface area contributed by atoms with Gasteiger partial charge in [0.1, 0.15) is 6.61 Å². The molecule has 1 aliphatic carbocycles. The topological polar surface area (TPSA) is 66.8 Å². The van der Waals surface area contributed by atoms with Gasteiger partial charge in [0.05, 0.1) is 18.3 Å². The summed E-state index contributed by atoms with van der Waals surface area (Å²) in [5.74, 6) is 0.235. The molecule has 1 saturated heterocycles. The van der Waals surface area contributed by atoms with Crippen LogP contribution in [0, 0.1) is 0 Å². The third kappa shape index (κ3) is 3.05. The molecule has 0 unspecified atom stereocenters. The summed E-state index contributed by atoms with van der Waals surface area (Å²) in [5.41, 5.74) is 4.70. The van der Waals surface area contributed by atoms with Crippen LogP contribution in [0.2, 0.25) is 0 Å². The highest BCUT2D eigenvalue weighted by atomic mass is 32.2. The number of nitrogens with zero attached hydrogens (tertiary/aromatic N) is 1. The van der Waals surface area contributed by atoms with Gasteiger partial charge in [0, 0.05) is 11.7 Å². The Labute approximate surface area is 156 Å². The summed E-state index contributed by atoms with van der Waals surface area (Å²) < 4.78 is 5.62. The second-order valence-electron chi connectivity index (χ2n) is 6.53. The molecule has 1 aliphatic heterocycles. The minimum absolute atomic E-state index is 0.0135. The zero-order valence-electron chi connectivity index (χ0n) is 14.1. The number of carbonyl (C=O) groups is 2. The van der Waals surface area contributed by atoms with E-state index in [2.05, 4.69) is 24.3 Å². The molecule has 1 heterocycles. The molecule has 0 saturated carbocycles. The molecule has 1 N–H and O–H groups in total. The first kappa shape index (κ1) is 17.0. The zero-order valence-corrected chi connectivity index (χ0v) is 14.9. The van der Waals surface area contributed by atoms with Crippen LogP contribution in [0.15, 0.2) is 48.5 Å². The molecule has 0 bridgehead atoms.